The average Bonchev–Trinajstić information content (AvgIpc) is 2.33. The van der Waals surface area contributed by atoms with E-state index in [4.69, 9.17) is 5.73 Å². The summed E-state index contributed by atoms with van der Waals surface area (Å²) in [7, 11) is 0. The third kappa shape index (κ3) is 2.63. The molecule has 1 fully saturated rings. The number of nitrogens with one attached hydrogen (secondary N) is 1. The van der Waals surface area contributed by atoms with Gasteiger partial charge in [0, 0.05) is 12.7 Å². The fourth-order valence-corrected chi connectivity index (χ4v) is 2.70. The molecule has 0 aromatic carbocycles. The number of nitrogens with zero attached hydrogens (tertiary/aromatic N) is 2. The summed E-state index contributed by atoms with van der Waals surface area (Å²) in [5.74, 6) is 0.919. The van der Waals surface area contributed by atoms with E-state index in [0.717, 1.165) is 22.2 Å². The van der Waals surface area contributed by atoms with E-state index in [1.54, 1.807) is 6.33 Å². The largest absolute Gasteiger partial charge is 0.362 e. The molecule has 0 unspecified atom stereocenters. The molecule has 0 radical (unpaired) electrons. The van der Waals surface area contributed by atoms with Crippen LogP contribution < -0.4 is 11.1 Å². The maximum atomic E-state index is 5.93. The predicted molar refractivity (Wildman–Crippen MR) is 73.2 cm³/mol. The Morgan fingerprint density at radius 1 is 1.38 bits per heavy atom. The van der Waals surface area contributed by atoms with Crippen LogP contribution in [0.2, 0.25) is 0 Å². The van der Waals surface area contributed by atoms with Crippen LogP contribution in [0.5, 0.6) is 0 Å². The summed E-state index contributed by atoms with van der Waals surface area (Å²) < 4.78 is 1.05. The van der Waals surface area contributed by atoms with Gasteiger partial charge < -0.3 is 11.1 Å². The first-order valence-electron chi connectivity index (χ1n) is 5.69. The zero-order valence-corrected chi connectivity index (χ0v) is 11.4. The van der Waals surface area contributed by atoms with Gasteiger partial charge in [-0.2, -0.15) is 0 Å². The van der Waals surface area contributed by atoms with E-state index in [-0.39, 0.29) is 5.54 Å². The third-order valence-electron chi connectivity index (χ3n) is 3.25. The summed E-state index contributed by atoms with van der Waals surface area (Å²) in [5, 5.41) is 3.53. The molecule has 1 heterocycles. The summed E-state index contributed by atoms with van der Waals surface area (Å²) in [5.41, 5.74) is 5.98. The molecular formula is C11H17IN4. The van der Waals surface area contributed by atoms with Crippen LogP contribution in [0.3, 0.4) is 0 Å². The molecule has 16 heavy (non-hydrogen) atoms. The highest BCUT2D eigenvalue weighted by Gasteiger charge is 2.31. The van der Waals surface area contributed by atoms with E-state index in [0.29, 0.717) is 6.54 Å². The Kier molecular flexibility index (Phi) is 3.96. The summed E-state index contributed by atoms with van der Waals surface area (Å²) in [6.45, 7) is 0.674. The van der Waals surface area contributed by atoms with Gasteiger partial charge in [0.1, 0.15) is 12.1 Å². The molecule has 2 rings (SSSR count). The first-order chi connectivity index (χ1) is 7.76. The minimum absolute atomic E-state index is 0.0481. The Balaban J connectivity index is 2.15. The highest BCUT2D eigenvalue weighted by Crippen LogP contribution is 2.31. The molecule has 0 bridgehead atoms. The van der Waals surface area contributed by atoms with Gasteiger partial charge in [0.2, 0.25) is 0 Å². The first kappa shape index (κ1) is 12.0. The van der Waals surface area contributed by atoms with Gasteiger partial charge in [-0.25, -0.2) is 9.97 Å². The lowest BCUT2D eigenvalue weighted by atomic mass is 9.82. The van der Waals surface area contributed by atoms with Gasteiger partial charge in [-0.15, -0.1) is 0 Å². The van der Waals surface area contributed by atoms with Crippen molar-refractivity contribution in [2.24, 2.45) is 5.73 Å². The van der Waals surface area contributed by atoms with Crippen molar-refractivity contribution in [2.75, 3.05) is 11.9 Å². The smallest absolute Gasteiger partial charge is 0.143 e. The SMILES string of the molecule is NCC1(Nc2ncncc2I)CCCCC1. The number of hydrogen-bond donors (Lipinski definition) is 2. The van der Waals surface area contributed by atoms with Crippen molar-refractivity contribution in [3.8, 4) is 0 Å². The zero-order chi connectivity index (χ0) is 11.4. The Bertz CT molecular complexity index is 350. The summed E-state index contributed by atoms with van der Waals surface area (Å²) >= 11 is 2.25. The molecular weight excluding hydrogens is 315 g/mol. The van der Waals surface area contributed by atoms with Crippen LogP contribution in [-0.2, 0) is 0 Å². The maximum absolute atomic E-state index is 5.93. The molecule has 3 N–H and O–H groups in total. The van der Waals surface area contributed by atoms with Crippen molar-refractivity contribution in [3.63, 3.8) is 0 Å². The highest BCUT2D eigenvalue weighted by atomic mass is 127. The third-order valence-corrected chi connectivity index (χ3v) is 4.04. The summed E-state index contributed by atoms with van der Waals surface area (Å²) in [6.07, 6.45) is 9.52. The van der Waals surface area contributed by atoms with Crippen molar-refractivity contribution in [2.45, 2.75) is 37.6 Å². The number of hydrogen-bond acceptors (Lipinski definition) is 4. The van der Waals surface area contributed by atoms with Crippen LogP contribution in [0.1, 0.15) is 32.1 Å². The molecule has 0 saturated heterocycles. The van der Waals surface area contributed by atoms with Crippen LogP contribution in [0.4, 0.5) is 5.82 Å². The Morgan fingerprint density at radius 2 is 2.12 bits per heavy atom. The second-order valence-corrected chi connectivity index (χ2v) is 5.55. The van der Waals surface area contributed by atoms with Crippen molar-refractivity contribution in [3.05, 3.63) is 16.1 Å². The van der Waals surface area contributed by atoms with Gasteiger partial charge in [0.15, 0.2) is 0 Å². The van der Waals surface area contributed by atoms with E-state index in [1.165, 1.54) is 19.3 Å². The van der Waals surface area contributed by atoms with Gasteiger partial charge in [-0.05, 0) is 35.4 Å². The number of anilines is 1. The second kappa shape index (κ2) is 5.27. The van der Waals surface area contributed by atoms with Crippen molar-refractivity contribution < 1.29 is 0 Å². The van der Waals surface area contributed by atoms with Crippen LogP contribution in [-0.4, -0.2) is 22.1 Å². The number of aromatic nitrogens is 2. The summed E-state index contributed by atoms with van der Waals surface area (Å²) in [4.78, 5) is 8.28. The average molecular weight is 332 g/mol. The predicted octanol–water partition coefficient (Wildman–Crippen LogP) is 2.15. The maximum Gasteiger partial charge on any atom is 0.143 e. The van der Waals surface area contributed by atoms with Gasteiger partial charge in [-0.3, -0.25) is 0 Å². The number of halogens is 1. The highest BCUT2D eigenvalue weighted by molar-refractivity contribution is 14.1. The molecule has 1 aromatic heterocycles. The van der Waals surface area contributed by atoms with Crippen molar-refractivity contribution in [1.29, 1.82) is 0 Å². The molecule has 5 heteroatoms. The second-order valence-electron chi connectivity index (χ2n) is 4.39. The zero-order valence-electron chi connectivity index (χ0n) is 9.25. The van der Waals surface area contributed by atoms with E-state index < -0.39 is 0 Å². The fraction of sp³-hybridized carbons (Fsp3) is 0.636. The molecule has 88 valence electrons. The lowest BCUT2D eigenvalue weighted by Crippen LogP contribution is -2.47. The quantitative estimate of drug-likeness (QED) is 0.833. The monoisotopic (exact) mass is 332 g/mol. The van der Waals surface area contributed by atoms with E-state index in [9.17, 15) is 0 Å². The Labute approximate surface area is 110 Å². The van der Waals surface area contributed by atoms with Crippen LogP contribution in [0, 0.1) is 3.57 Å². The molecule has 4 nitrogen and oxygen atoms in total. The van der Waals surface area contributed by atoms with Gasteiger partial charge >= 0.3 is 0 Å². The molecule has 1 aliphatic rings. The normalized spacial score (nSPS) is 19.4. The first-order valence-corrected chi connectivity index (χ1v) is 6.77. The molecule has 0 amide bonds. The molecule has 0 aliphatic heterocycles. The van der Waals surface area contributed by atoms with Gasteiger partial charge in [0.25, 0.3) is 0 Å². The van der Waals surface area contributed by atoms with Crippen LogP contribution in [0.15, 0.2) is 12.5 Å². The summed E-state index contributed by atoms with van der Waals surface area (Å²) in [6, 6.07) is 0. The van der Waals surface area contributed by atoms with E-state index >= 15 is 0 Å². The lowest BCUT2D eigenvalue weighted by Gasteiger charge is -2.37. The van der Waals surface area contributed by atoms with Gasteiger partial charge in [-0.1, -0.05) is 19.3 Å². The van der Waals surface area contributed by atoms with Crippen molar-refractivity contribution in [1.82, 2.24) is 9.97 Å². The molecule has 0 atom stereocenters. The minimum atomic E-state index is 0.0481. The van der Waals surface area contributed by atoms with Gasteiger partial charge in [0.05, 0.1) is 9.11 Å². The Hall–Kier alpha value is -0.430. The van der Waals surface area contributed by atoms with Crippen molar-refractivity contribution >= 4 is 28.4 Å². The molecule has 1 aromatic rings. The topological polar surface area (TPSA) is 63.8 Å². The molecule has 1 aliphatic carbocycles. The van der Waals surface area contributed by atoms with Crippen LogP contribution >= 0.6 is 22.6 Å². The lowest BCUT2D eigenvalue weighted by molar-refractivity contribution is 0.330. The number of nitrogens with two attached hydrogens (primary N) is 1. The molecule has 1 saturated carbocycles. The number of rotatable bonds is 3. The van der Waals surface area contributed by atoms with E-state index in [2.05, 4.69) is 37.9 Å². The van der Waals surface area contributed by atoms with E-state index in [1.807, 2.05) is 6.20 Å². The van der Waals surface area contributed by atoms with Crippen LogP contribution in [0.25, 0.3) is 0 Å². The molecule has 0 spiro atoms. The fourth-order valence-electron chi connectivity index (χ4n) is 2.26. The Morgan fingerprint density at radius 3 is 2.75 bits per heavy atom. The minimum Gasteiger partial charge on any atom is -0.362 e. The standard InChI is InChI=1S/C11H17IN4/c12-9-6-14-8-15-10(9)16-11(7-13)4-2-1-3-5-11/h6,8H,1-5,7,13H2,(H,14,15,16).